The van der Waals surface area contributed by atoms with Crippen LogP contribution in [0.3, 0.4) is 0 Å². The van der Waals surface area contributed by atoms with Crippen LogP contribution in [0.5, 0.6) is 17.2 Å². The number of fused-ring (bicyclic) bond motifs is 2. The second kappa shape index (κ2) is 6.58. The number of aromatic hydroxyl groups is 1. The molecule has 0 aliphatic carbocycles. The topological polar surface area (TPSA) is 167 Å². The summed E-state index contributed by atoms with van der Waals surface area (Å²) in [4.78, 5) is 0. The molecule has 4 rings (SSSR count). The summed E-state index contributed by atoms with van der Waals surface area (Å²) < 4.78 is 60.9. The van der Waals surface area contributed by atoms with Crippen LogP contribution in [0.1, 0.15) is 0 Å². The van der Waals surface area contributed by atoms with Gasteiger partial charge in [0.25, 0.3) is 0 Å². The molecule has 0 fully saturated rings. The fourth-order valence-electron chi connectivity index (χ4n) is 2.66. The average molecular weight is 437 g/mol. The largest absolute Gasteiger partial charge is 0.505 e. The van der Waals surface area contributed by atoms with E-state index >= 15 is 0 Å². The Balaban J connectivity index is 2.00. The minimum Gasteiger partial charge on any atom is -0.505 e. The zero-order valence-electron chi connectivity index (χ0n) is 14.2. The first-order valence-corrected chi connectivity index (χ1v) is 10.5. The van der Waals surface area contributed by atoms with Gasteiger partial charge in [-0.2, -0.15) is 21.9 Å². The Labute approximate surface area is 164 Å². The third-order valence-electron chi connectivity index (χ3n) is 3.73. The van der Waals surface area contributed by atoms with E-state index < -0.39 is 38.0 Å². The Morgan fingerprint density at radius 3 is 2.31 bits per heavy atom. The van der Waals surface area contributed by atoms with Crippen LogP contribution in [0.2, 0.25) is 0 Å². The normalized spacial score (nSPS) is 17.2. The number of azo groups is 1. The minimum atomic E-state index is -5.14. The molecule has 11 nitrogen and oxygen atoms in total. The Morgan fingerprint density at radius 2 is 1.59 bits per heavy atom. The molecular formula is C16H11N3O8S2. The van der Waals surface area contributed by atoms with Gasteiger partial charge in [0.05, 0.1) is 5.69 Å². The first-order chi connectivity index (χ1) is 13.6. The molecule has 29 heavy (non-hydrogen) atoms. The Bertz CT molecular complexity index is 1370. The zero-order chi connectivity index (χ0) is 20.8. The molecule has 0 saturated carbocycles. The maximum atomic E-state index is 12.0. The van der Waals surface area contributed by atoms with E-state index in [1.807, 2.05) is 0 Å². The summed E-state index contributed by atoms with van der Waals surface area (Å²) in [6.45, 7) is 0. The average Bonchev–Trinajstić information content (AvgIpc) is 2.59. The SMILES string of the molecule is Nc1cc2cc3cc(c(N=Nc4ccccc4)c(O)c13)OS(=O)(=O)OS(=O)(=O)O2. The number of phenols is 1. The van der Waals surface area contributed by atoms with Crippen molar-refractivity contribution in [1.29, 1.82) is 0 Å². The van der Waals surface area contributed by atoms with E-state index in [-0.39, 0.29) is 22.2 Å². The molecule has 0 spiro atoms. The molecule has 1 aliphatic heterocycles. The number of nitrogens with zero attached hydrogens (tertiary/aromatic N) is 2. The van der Waals surface area contributed by atoms with E-state index in [2.05, 4.69) is 18.0 Å². The molecule has 3 bridgehead atoms. The van der Waals surface area contributed by atoms with Crippen molar-refractivity contribution in [3.05, 3.63) is 48.5 Å². The Morgan fingerprint density at radius 1 is 0.897 bits per heavy atom. The molecule has 150 valence electrons. The summed E-state index contributed by atoms with van der Waals surface area (Å²) in [5.74, 6) is -1.38. The Hall–Kier alpha value is -3.42. The summed E-state index contributed by atoms with van der Waals surface area (Å²) in [7, 11) is -10.2. The lowest BCUT2D eigenvalue weighted by Crippen LogP contribution is -2.22. The second-order valence-electron chi connectivity index (χ2n) is 5.77. The van der Waals surface area contributed by atoms with Gasteiger partial charge in [-0.25, -0.2) is 0 Å². The molecule has 13 heteroatoms. The van der Waals surface area contributed by atoms with Crippen molar-refractivity contribution >= 4 is 48.6 Å². The van der Waals surface area contributed by atoms with Gasteiger partial charge in [-0.15, -0.1) is 5.11 Å². The molecule has 0 saturated heterocycles. The maximum Gasteiger partial charge on any atom is 0.466 e. The molecule has 3 N–H and O–H groups in total. The molecule has 3 aromatic rings. The van der Waals surface area contributed by atoms with Crippen LogP contribution < -0.4 is 14.1 Å². The van der Waals surface area contributed by atoms with E-state index in [1.165, 1.54) is 12.1 Å². The smallest absolute Gasteiger partial charge is 0.466 e. The van der Waals surface area contributed by atoms with Crippen LogP contribution in [-0.2, 0) is 24.4 Å². The highest BCUT2D eigenvalue weighted by atomic mass is 32.3. The van der Waals surface area contributed by atoms with E-state index in [4.69, 9.17) is 9.92 Å². The summed E-state index contributed by atoms with van der Waals surface area (Å²) in [6.07, 6.45) is 0. The van der Waals surface area contributed by atoms with Crippen molar-refractivity contribution in [3.8, 4) is 17.2 Å². The van der Waals surface area contributed by atoms with E-state index in [9.17, 15) is 21.9 Å². The summed E-state index contributed by atoms with van der Waals surface area (Å²) >= 11 is 0. The van der Waals surface area contributed by atoms with Crippen LogP contribution in [0.25, 0.3) is 10.8 Å². The molecule has 0 aromatic heterocycles. The van der Waals surface area contributed by atoms with Crippen molar-refractivity contribution < 1.29 is 33.9 Å². The number of hydrogen-bond donors (Lipinski definition) is 2. The summed E-state index contributed by atoms with van der Waals surface area (Å²) in [5, 5.41) is 18.6. The second-order valence-corrected chi connectivity index (χ2v) is 8.28. The van der Waals surface area contributed by atoms with Gasteiger partial charge in [0, 0.05) is 17.1 Å². The highest BCUT2D eigenvalue weighted by molar-refractivity contribution is 7.95. The molecule has 0 atom stereocenters. The first kappa shape index (κ1) is 18.9. The number of nitrogen functional groups attached to an aromatic ring is 1. The van der Waals surface area contributed by atoms with Gasteiger partial charge in [0.2, 0.25) is 0 Å². The van der Waals surface area contributed by atoms with E-state index in [0.717, 1.165) is 6.07 Å². The number of anilines is 1. The van der Waals surface area contributed by atoms with Crippen molar-refractivity contribution in [2.45, 2.75) is 0 Å². The predicted octanol–water partition coefficient (Wildman–Crippen LogP) is 2.82. The van der Waals surface area contributed by atoms with E-state index in [0.29, 0.717) is 5.69 Å². The molecule has 3 aromatic carbocycles. The van der Waals surface area contributed by atoms with Crippen molar-refractivity contribution in [2.24, 2.45) is 10.2 Å². The molecule has 1 aliphatic rings. The number of benzene rings is 3. The predicted molar refractivity (Wildman–Crippen MR) is 101 cm³/mol. The van der Waals surface area contributed by atoms with Gasteiger partial charge >= 0.3 is 20.8 Å². The maximum absolute atomic E-state index is 12.0. The lowest BCUT2D eigenvalue weighted by atomic mass is 10.1. The molecule has 0 unspecified atom stereocenters. The zero-order valence-corrected chi connectivity index (χ0v) is 15.8. The lowest BCUT2D eigenvalue weighted by Gasteiger charge is -2.16. The fourth-order valence-corrected chi connectivity index (χ4v) is 4.38. The van der Waals surface area contributed by atoms with E-state index in [1.54, 1.807) is 30.3 Å². The fraction of sp³-hybridized carbons (Fsp3) is 0. The van der Waals surface area contributed by atoms with Crippen LogP contribution >= 0.6 is 0 Å². The van der Waals surface area contributed by atoms with Crippen molar-refractivity contribution in [1.82, 2.24) is 0 Å². The number of hydrogen-bond acceptors (Lipinski definition) is 11. The van der Waals surface area contributed by atoms with Crippen LogP contribution in [0.4, 0.5) is 17.1 Å². The van der Waals surface area contributed by atoms with Gasteiger partial charge in [-0.1, -0.05) is 21.8 Å². The highest BCUT2D eigenvalue weighted by Crippen LogP contribution is 2.47. The van der Waals surface area contributed by atoms with Crippen molar-refractivity contribution in [3.63, 3.8) is 0 Å². The van der Waals surface area contributed by atoms with Gasteiger partial charge in [0.1, 0.15) is 5.75 Å². The van der Waals surface area contributed by atoms with Gasteiger partial charge in [-0.05, 0) is 29.7 Å². The van der Waals surface area contributed by atoms with Gasteiger partial charge in [0.15, 0.2) is 17.2 Å². The molecule has 1 heterocycles. The monoisotopic (exact) mass is 437 g/mol. The van der Waals surface area contributed by atoms with Crippen LogP contribution in [0, 0.1) is 0 Å². The standard InChI is InChI=1S/C16H11N3O8S2/c17-12-8-11-6-9-7-13(26-29(23,24)27-28(21,22)25-11)15(16(20)14(9)12)19-18-10-4-2-1-3-5-10/h1-8,20H,17H2. The molecule has 0 amide bonds. The number of nitrogens with two attached hydrogens (primary N) is 1. The highest BCUT2D eigenvalue weighted by Gasteiger charge is 2.31. The minimum absolute atomic E-state index is 0.0589. The van der Waals surface area contributed by atoms with Gasteiger partial charge < -0.3 is 19.2 Å². The third-order valence-corrected chi connectivity index (χ3v) is 5.85. The molecular weight excluding hydrogens is 426 g/mol. The quantitative estimate of drug-likeness (QED) is 0.452. The van der Waals surface area contributed by atoms with Gasteiger partial charge in [-0.3, -0.25) is 0 Å². The van der Waals surface area contributed by atoms with Crippen LogP contribution in [0.15, 0.2) is 58.8 Å². The lowest BCUT2D eigenvalue weighted by molar-refractivity contribution is 0.351. The third kappa shape index (κ3) is 3.78. The van der Waals surface area contributed by atoms with Crippen LogP contribution in [-0.4, -0.2) is 21.9 Å². The number of phenolic OH excluding ortho intramolecular Hbond substituents is 1. The first-order valence-electron chi connectivity index (χ1n) is 7.79. The van der Waals surface area contributed by atoms with Crippen molar-refractivity contribution in [2.75, 3.05) is 5.73 Å². The summed E-state index contributed by atoms with van der Waals surface area (Å²) in [6, 6.07) is 11.8. The summed E-state index contributed by atoms with van der Waals surface area (Å²) in [5.41, 5.74) is 5.85. The molecule has 0 radical (unpaired) electrons. The number of rotatable bonds is 2. The Kier molecular flexibility index (Phi) is 4.29.